The Morgan fingerprint density at radius 3 is 2.31 bits per heavy atom. The lowest BCUT2D eigenvalue weighted by atomic mass is 9.65. The second kappa shape index (κ2) is 13.1. The minimum absolute atomic E-state index is 0.0875. The van der Waals surface area contributed by atoms with Gasteiger partial charge in [-0.2, -0.15) is 5.10 Å². The average molecular weight is 620 g/mol. The predicted molar refractivity (Wildman–Crippen MR) is 165 cm³/mol. The Labute approximate surface area is 261 Å². The molecule has 3 aromatic rings. The zero-order chi connectivity index (χ0) is 31.5. The first-order chi connectivity index (χ1) is 22.0. The molecular weight excluding hydrogens is 582 g/mol. The van der Waals surface area contributed by atoms with Gasteiger partial charge in [-0.05, 0) is 59.7 Å². The zero-order valence-electron chi connectivity index (χ0n) is 25.7. The van der Waals surface area contributed by atoms with E-state index in [0.29, 0.717) is 35.3 Å². The van der Waals surface area contributed by atoms with Crippen LogP contribution in [0, 0.1) is 11.8 Å². The number of amides is 1. The predicted octanol–water partition coefficient (Wildman–Crippen LogP) is 3.18. The average Bonchev–Trinajstić information content (AvgIpc) is 3.73. The lowest BCUT2D eigenvalue weighted by Gasteiger charge is -2.38. The van der Waals surface area contributed by atoms with Gasteiger partial charge in [-0.1, -0.05) is 0 Å². The minimum Gasteiger partial charge on any atom is -0.497 e. The fourth-order valence-electron chi connectivity index (χ4n) is 6.37. The van der Waals surface area contributed by atoms with E-state index in [2.05, 4.69) is 5.32 Å². The maximum Gasteiger partial charge on any atom is 0.231 e. The minimum atomic E-state index is -0.583. The van der Waals surface area contributed by atoms with E-state index in [1.807, 2.05) is 53.5 Å². The van der Waals surface area contributed by atoms with Crippen LogP contribution in [0.1, 0.15) is 22.6 Å². The summed E-state index contributed by atoms with van der Waals surface area (Å²) in [5.74, 6) is 1.93. The fourth-order valence-corrected chi connectivity index (χ4v) is 6.37. The molecule has 1 amide bonds. The molecular formula is C33H37N3O9. The maximum absolute atomic E-state index is 14.3. The molecule has 238 valence electrons. The zero-order valence-corrected chi connectivity index (χ0v) is 25.7. The summed E-state index contributed by atoms with van der Waals surface area (Å²) in [6, 6.07) is 15.4. The molecule has 0 bridgehead atoms. The van der Waals surface area contributed by atoms with E-state index >= 15 is 0 Å². The first kappa shape index (κ1) is 30.4. The molecule has 0 spiro atoms. The Kier molecular flexibility index (Phi) is 8.85. The van der Waals surface area contributed by atoms with Crippen LogP contribution in [0.2, 0.25) is 0 Å². The lowest BCUT2D eigenvalue weighted by molar-refractivity contribution is -0.126. The van der Waals surface area contributed by atoms with Crippen LogP contribution in [0.4, 0.5) is 5.69 Å². The van der Waals surface area contributed by atoms with Gasteiger partial charge in [0.15, 0.2) is 23.0 Å². The van der Waals surface area contributed by atoms with Crippen molar-refractivity contribution < 1.29 is 43.1 Å². The second-order valence-corrected chi connectivity index (χ2v) is 10.8. The molecule has 0 radical (unpaired) electrons. The lowest BCUT2D eigenvalue weighted by Crippen LogP contribution is -2.46. The number of hydrogen-bond acceptors (Lipinski definition) is 11. The van der Waals surface area contributed by atoms with Crippen LogP contribution in [0.25, 0.3) is 0 Å². The van der Waals surface area contributed by atoms with Gasteiger partial charge in [0.25, 0.3) is 0 Å². The number of ether oxygens (including phenoxy) is 7. The van der Waals surface area contributed by atoms with Crippen LogP contribution in [-0.4, -0.2) is 84.9 Å². The molecule has 0 aromatic heterocycles. The molecule has 2 heterocycles. The van der Waals surface area contributed by atoms with Gasteiger partial charge in [-0.3, -0.25) is 9.80 Å². The molecule has 12 heteroatoms. The molecule has 3 aromatic carbocycles. The van der Waals surface area contributed by atoms with Crippen molar-refractivity contribution in [3.8, 4) is 34.5 Å². The topological polar surface area (TPSA) is 130 Å². The number of methoxy groups -OCH3 is 4. The Morgan fingerprint density at radius 2 is 1.67 bits per heavy atom. The summed E-state index contributed by atoms with van der Waals surface area (Å²) in [6.07, 6.45) is 0. The monoisotopic (exact) mass is 619 g/mol. The van der Waals surface area contributed by atoms with E-state index in [9.17, 15) is 4.79 Å². The highest BCUT2D eigenvalue weighted by atomic mass is 16.7. The van der Waals surface area contributed by atoms with Crippen molar-refractivity contribution in [3.63, 3.8) is 0 Å². The van der Waals surface area contributed by atoms with Crippen molar-refractivity contribution in [1.82, 2.24) is 5.32 Å². The maximum atomic E-state index is 14.3. The van der Waals surface area contributed by atoms with Crippen molar-refractivity contribution in [1.29, 1.82) is 0 Å². The van der Waals surface area contributed by atoms with Gasteiger partial charge >= 0.3 is 0 Å². The molecule has 2 N–H and O–H groups in total. The van der Waals surface area contributed by atoms with Gasteiger partial charge in [0.2, 0.25) is 18.4 Å². The molecule has 1 aliphatic carbocycles. The summed E-state index contributed by atoms with van der Waals surface area (Å²) >= 11 is 0. The van der Waals surface area contributed by atoms with Crippen LogP contribution >= 0.6 is 0 Å². The summed E-state index contributed by atoms with van der Waals surface area (Å²) in [4.78, 5) is 14.3. The highest BCUT2D eigenvalue weighted by Crippen LogP contribution is 2.52. The largest absolute Gasteiger partial charge is 0.497 e. The number of nitrogens with zero attached hydrogens (tertiary/aromatic N) is 2. The van der Waals surface area contributed by atoms with Crippen molar-refractivity contribution in [3.05, 3.63) is 65.2 Å². The van der Waals surface area contributed by atoms with Crippen LogP contribution < -0.4 is 38.7 Å². The number of nitrogens with one attached hydrogen (secondary N) is 1. The third-order valence-electron chi connectivity index (χ3n) is 8.40. The summed E-state index contributed by atoms with van der Waals surface area (Å²) in [6.45, 7) is 1.24. The smallest absolute Gasteiger partial charge is 0.231 e. The summed E-state index contributed by atoms with van der Waals surface area (Å²) in [7, 11) is 6.32. The molecule has 0 fully saturated rings. The number of anilines is 1. The molecule has 3 atom stereocenters. The molecule has 45 heavy (non-hydrogen) atoms. The van der Waals surface area contributed by atoms with Crippen molar-refractivity contribution in [2.24, 2.45) is 16.9 Å². The standard InChI is InChI=1S/C33H37N3O9/c1-39-21-7-5-20(6-8-21)36-17-24-30(33(38)34-9-11-43-12-10-37)29(19-13-27(40-2)32(42-4)28(14-19)41-3)22-15-25-26(45-18-44-25)16-23(22)31(24)35-36/h5-8,13-16,24,29-30,37H,9-12,17-18H2,1-4H3,(H,34,38)/t24-,29+,30-/m0/s1. The normalized spacial score (nSPS) is 19.4. The molecule has 0 unspecified atom stereocenters. The van der Waals surface area contributed by atoms with E-state index in [1.165, 1.54) is 0 Å². The number of hydrogen-bond donors (Lipinski definition) is 2. The van der Waals surface area contributed by atoms with E-state index < -0.39 is 11.8 Å². The molecule has 0 saturated carbocycles. The number of carbonyl (C=O) groups excluding carboxylic acids is 1. The fraction of sp³-hybridized carbons (Fsp3) is 0.394. The number of benzene rings is 3. The van der Waals surface area contributed by atoms with Gasteiger partial charge in [0.1, 0.15) is 5.75 Å². The molecule has 0 saturated heterocycles. The summed E-state index contributed by atoms with van der Waals surface area (Å²) < 4.78 is 39.4. The Bertz CT molecular complexity index is 1550. The van der Waals surface area contributed by atoms with Crippen LogP contribution in [0.3, 0.4) is 0 Å². The van der Waals surface area contributed by atoms with Gasteiger partial charge in [-0.25, -0.2) is 0 Å². The third-order valence-corrected chi connectivity index (χ3v) is 8.40. The Morgan fingerprint density at radius 1 is 0.956 bits per heavy atom. The highest BCUT2D eigenvalue weighted by Gasteiger charge is 2.49. The van der Waals surface area contributed by atoms with Crippen LogP contribution in [-0.2, 0) is 9.53 Å². The van der Waals surface area contributed by atoms with Crippen LogP contribution in [0.15, 0.2) is 53.6 Å². The van der Waals surface area contributed by atoms with Gasteiger partial charge in [0, 0.05) is 23.9 Å². The molecule has 12 nitrogen and oxygen atoms in total. The number of hydrazone groups is 1. The van der Waals surface area contributed by atoms with E-state index in [0.717, 1.165) is 33.8 Å². The Hall–Kier alpha value is -4.68. The van der Waals surface area contributed by atoms with Crippen molar-refractivity contribution >= 4 is 17.3 Å². The summed E-state index contributed by atoms with van der Waals surface area (Å²) in [5.41, 5.74) is 4.23. The Balaban J connectivity index is 1.49. The van der Waals surface area contributed by atoms with E-state index in [1.54, 1.807) is 28.4 Å². The highest BCUT2D eigenvalue weighted by molar-refractivity contribution is 6.10. The number of rotatable bonds is 12. The number of aliphatic hydroxyl groups excluding tert-OH is 1. The van der Waals surface area contributed by atoms with E-state index in [4.69, 9.17) is 43.4 Å². The van der Waals surface area contributed by atoms with E-state index in [-0.39, 0.29) is 45.0 Å². The quantitative estimate of drug-likeness (QED) is 0.292. The van der Waals surface area contributed by atoms with Crippen molar-refractivity contribution in [2.45, 2.75) is 5.92 Å². The van der Waals surface area contributed by atoms with Crippen LogP contribution in [0.5, 0.6) is 34.5 Å². The molecule has 3 aliphatic rings. The van der Waals surface area contributed by atoms with Gasteiger partial charge < -0.3 is 43.6 Å². The first-order valence-electron chi connectivity index (χ1n) is 14.7. The number of aliphatic hydroxyl groups is 1. The third kappa shape index (κ3) is 5.67. The molecule has 6 rings (SSSR count). The number of fused-ring (bicyclic) bond motifs is 4. The SMILES string of the molecule is COc1ccc(N2C[C@@H]3C(=N2)c2cc4c(cc2[C@@H](c2cc(OC)c(OC)c(OC)c2)[C@H]3C(=O)NCCOCCO)OCO4)cc1. The second-order valence-electron chi connectivity index (χ2n) is 10.8. The number of carbonyl (C=O) groups is 1. The molecule has 2 aliphatic heterocycles. The van der Waals surface area contributed by atoms with Gasteiger partial charge in [-0.15, -0.1) is 0 Å². The van der Waals surface area contributed by atoms with Crippen molar-refractivity contribution in [2.75, 3.05) is 73.2 Å². The van der Waals surface area contributed by atoms with Gasteiger partial charge in [0.05, 0.1) is 72.1 Å². The first-order valence-corrected chi connectivity index (χ1v) is 14.7. The summed E-state index contributed by atoms with van der Waals surface area (Å²) in [5, 5.41) is 19.2.